The van der Waals surface area contributed by atoms with Gasteiger partial charge in [-0.2, -0.15) is 4.98 Å². The SMILES string of the molecule is COc1ccc(NC(=O)N2CCN(c3nc(N)nc4scnc34)[C@@H](C)C2)c(C)n1. The number of aryl methyl sites for hydroxylation is 1. The number of aromatic nitrogens is 4. The highest BCUT2D eigenvalue weighted by Crippen LogP contribution is 2.29. The van der Waals surface area contributed by atoms with Gasteiger partial charge in [0.05, 0.1) is 24.0 Å². The predicted molar refractivity (Wildman–Crippen MR) is 113 cm³/mol. The first kappa shape index (κ1) is 19.1. The van der Waals surface area contributed by atoms with Crippen molar-refractivity contribution in [3.63, 3.8) is 0 Å². The van der Waals surface area contributed by atoms with E-state index in [-0.39, 0.29) is 18.0 Å². The Hall–Kier alpha value is -3.21. The minimum absolute atomic E-state index is 0.0452. The van der Waals surface area contributed by atoms with Gasteiger partial charge in [-0.15, -0.1) is 11.3 Å². The van der Waals surface area contributed by atoms with Gasteiger partial charge in [0.2, 0.25) is 11.8 Å². The van der Waals surface area contributed by atoms with Crippen molar-refractivity contribution in [1.82, 2.24) is 24.8 Å². The molecule has 3 aromatic rings. The number of amides is 2. The Morgan fingerprint density at radius 3 is 2.86 bits per heavy atom. The standard InChI is InChI=1S/C18H22N8O2S/c1-10-8-25(18(27)22-12-4-5-13(28-3)21-11(12)2)6-7-26(10)15-14-16(29-9-20-14)24-17(19)23-15/h4-5,9-10H,6-8H2,1-3H3,(H,22,27)(H2,19,23,24)/t10-/m0/s1. The number of fused-ring (bicyclic) bond motifs is 1. The maximum atomic E-state index is 12.8. The lowest BCUT2D eigenvalue weighted by molar-refractivity contribution is 0.200. The van der Waals surface area contributed by atoms with Gasteiger partial charge in [-0.3, -0.25) is 0 Å². The molecule has 1 atom stereocenters. The molecule has 2 amide bonds. The molecule has 4 rings (SSSR count). The first-order chi connectivity index (χ1) is 14.0. The smallest absolute Gasteiger partial charge is 0.322 e. The van der Waals surface area contributed by atoms with Crippen LogP contribution in [0.5, 0.6) is 5.88 Å². The number of rotatable bonds is 3. The summed E-state index contributed by atoms with van der Waals surface area (Å²) in [5.74, 6) is 1.46. The van der Waals surface area contributed by atoms with Crippen LogP contribution < -0.4 is 20.7 Å². The predicted octanol–water partition coefficient (Wildman–Crippen LogP) is 2.12. The van der Waals surface area contributed by atoms with E-state index < -0.39 is 0 Å². The highest BCUT2D eigenvalue weighted by molar-refractivity contribution is 7.16. The first-order valence-corrected chi connectivity index (χ1v) is 10.0. The van der Waals surface area contributed by atoms with Gasteiger partial charge in [0, 0.05) is 31.7 Å². The molecule has 1 saturated heterocycles. The molecule has 11 heteroatoms. The van der Waals surface area contributed by atoms with E-state index >= 15 is 0 Å². The maximum Gasteiger partial charge on any atom is 0.322 e. The number of carbonyl (C=O) groups is 1. The number of hydrogen-bond acceptors (Lipinski definition) is 9. The van der Waals surface area contributed by atoms with Gasteiger partial charge in [0.15, 0.2) is 10.6 Å². The largest absolute Gasteiger partial charge is 0.481 e. The van der Waals surface area contributed by atoms with Crippen LogP contribution in [-0.4, -0.2) is 63.7 Å². The van der Waals surface area contributed by atoms with Crippen LogP contribution in [0.1, 0.15) is 12.6 Å². The zero-order valence-corrected chi connectivity index (χ0v) is 17.2. The van der Waals surface area contributed by atoms with Gasteiger partial charge in [0.1, 0.15) is 5.52 Å². The number of carbonyl (C=O) groups excluding carboxylic acids is 1. The second-order valence-electron chi connectivity index (χ2n) is 6.82. The van der Waals surface area contributed by atoms with Crippen molar-refractivity contribution < 1.29 is 9.53 Å². The van der Waals surface area contributed by atoms with Crippen LogP contribution in [-0.2, 0) is 0 Å². The van der Waals surface area contributed by atoms with E-state index in [9.17, 15) is 4.79 Å². The van der Waals surface area contributed by atoms with Gasteiger partial charge in [0.25, 0.3) is 0 Å². The topological polar surface area (TPSA) is 122 Å². The summed E-state index contributed by atoms with van der Waals surface area (Å²) in [6.45, 7) is 5.60. The molecule has 0 saturated carbocycles. The Morgan fingerprint density at radius 2 is 2.14 bits per heavy atom. The van der Waals surface area contributed by atoms with Crippen molar-refractivity contribution in [3.05, 3.63) is 23.3 Å². The van der Waals surface area contributed by atoms with Crippen LogP contribution in [0.3, 0.4) is 0 Å². The average molecular weight is 414 g/mol. The van der Waals surface area contributed by atoms with Crippen molar-refractivity contribution in [2.45, 2.75) is 19.9 Å². The molecule has 10 nitrogen and oxygen atoms in total. The quantitative estimate of drug-likeness (QED) is 0.668. The summed E-state index contributed by atoms with van der Waals surface area (Å²) in [4.78, 5) is 34.8. The summed E-state index contributed by atoms with van der Waals surface area (Å²) in [5, 5.41) is 2.94. The lowest BCUT2D eigenvalue weighted by Crippen LogP contribution is -2.55. The second-order valence-corrected chi connectivity index (χ2v) is 7.65. The maximum absolute atomic E-state index is 12.8. The van der Waals surface area contributed by atoms with Crippen molar-refractivity contribution in [1.29, 1.82) is 0 Å². The molecule has 1 fully saturated rings. The number of nitrogens with zero attached hydrogens (tertiary/aromatic N) is 6. The van der Waals surface area contributed by atoms with Crippen LogP contribution in [0.2, 0.25) is 0 Å². The van der Waals surface area contributed by atoms with Gasteiger partial charge in [-0.1, -0.05) is 0 Å². The van der Waals surface area contributed by atoms with Crippen molar-refractivity contribution >= 4 is 45.2 Å². The molecule has 1 aliphatic rings. The zero-order chi connectivity index (χ0) is 20.5. The number of pyridine rings is 1. The Balaban J connectivity index is 1.47. The van der Waals surface area contributed by atoms with Crippen LogP contribution in [0.4, 0.5) is 22.2 Å². The highest BCUT2D eigenvalue weighted by Gasteiger charge is 2.29. The number of anilines is 3. The molecule has 0 aliphatic carbocycles. The van der Waals surface area contributed by atoms with E-state index in [0.29, 0.717) is 36.9 Å². The van der Waals surface area contributed by atoms with Gasteiger partial charge in [-0.25, -0.2) is 19.7 Å². The van der Waals surface area contributed by atoms with Gasteiger partial charge < -0.3 is 25.6 Å². The molecule has 152 valence electrons. The van der Waals surface area contributed by atoms with Crippen LogP contribution in [0.25, 0.3) is 10.3 Å². The fraction of sp³-hybridized carbons (Fsp3) is 0.389. The van der Waals surface area contributed by atoms with Crippen molar-refractivity contribution in [2.24, 2.45) is 0 Å². The number of piperazine rings is 1. The molecular formula is C18H22N8O2S. The van der Waals surface area contributed by atoms with Crippen LogP contribution in [0.15, 0.2) is 17.6 Å². The van der Waals surface area contributed by atoms with Gasteiger partial charge >= 0.3 is 6.03 Å². The molecule has 1 aliphatic heterocycles. The van der Waals surface area contributed by atoms with Crippen LogP contribution in [0, 0.1) is 6.92 Å². The van der Waals surface area contributed by atoms with Crippen molar-refractivity contribution in [3.8, 4) is 5.88 Å². The second kappa shape index (κ2) is 7.66. The fourth-order valence-corrected chi connectivity index (χ4v) is 4.06. The lowest BCUT2D eigenvalue weighted by Gasteiger charge is -2.40. The van der Waals surface area contributed by atoms with E-state index in [2.05, 4.69) is 37.1 Å². The summed E-state index contributed by atoms with van der Waals surface area (Å²) in [5.41, 5.74) is 9.72. The number of thiazole rings is 1. The van der Waals surface area contributed by atoms with Crippen molar-refractivity contribution in [2.75, 3.05) is 42.7 Å². The number of urea groups is 1. The molecule has 3 N–H and O–H groups in total. The number of hydrogen-bond donors (Lipinski definition) is 2. The Labute approximate surface area is 171 Å². The number of nitrogen functional groups attached to an aromatic ring is 1. The Morgan fingerprint density at radius 1 is 1.31 bits per heavy atom. The summed E-state index contributed by atoms with van der Waals surface area (Å²) < 4.78 is 5.11. The summed E-state index contributed by atoms with van der Waals surface area (Å²) in [6, 6.07) is 3.40. The van der Waals surface area contributed by atoms with Gasteiger partial charge in [-0.05, 0) is 19.9 Å². The molecule has 0 aromatic carbocycles. The molecule has 0 spiro atoms. The third-order valence-electron chi connectivity index (χ3n) is 4.89. The Bertz CT molecular complexity index is 1060. The molecule has 0 radical (unpaired) electrons. The average Bonchev–Trinajstić information content (AvgIpc) is 3.17. The molecule has 0 unspecified atom stereocenters. The molecule has 0 bridgehead atoms. The summed E-state index contributed by atoms with van der Waals surface area (Å²) in [7, 11) is 1.56. The third-order valence-corrected chi connectivity index (χ3v) is 5.61. The molecular weight excluding hydrogens is 392 g/mol. The van der Waals surface area contributed by atoms with E-state index in [1.165, 1.54) is 11.3 Å². The zero-order valence-electron chi connectivity index (χ0n) is 16.4. The summed E-state index contributed by atoms with van der Waals surface area (Å²) in [6.07, 6.45) is 0. The number of nitrogens with two attached hydrogens (primary N) is 1. The van der Waals surface area contributed by atoms with E-state index in [1.807, 2.05) is 6.92 Å². The lowest BCUT2D eigenvalue weighted by atomic mass is 10.2. The number of methoxy groups -OCH3 is 1. The normalized spacial score (nSPS) is 16.9. The Kier molecular flexibility index (Phi) is 5.05. The van der Waals surface area contributed by atoms with Crippen LogP contribution >= 0.6 is 11.3 Å². The first-order valence-electron chi connectivity index (χ1n) is 9.17. The minimum atomic E-state index is -0.160. The van der Waals surface area contributed by atoms with E-state index in [4.69, 9.17) is 10.5 Å². The molecule has 3 aromatic heterocycles. The molecule has 29 heavy (non-hydrogen) atoms. The number of ether oxygens (including phenoxy) is 1. The minimum Gasteiger partial charge on any atom is -0.481 e. The van der Waals surface area contributed by atoms with E-state index in [1.54, 1.807) is 29.7 Å². The monoisotopic (exact) mass is 414 g/mol. The highest BCUT2D eigenvalue weighted by atomic mass is 32.1. The van der Waals surface area contributed by atoms with E-state index in [0.717, 1.165) is 16.2 Å². The number of nitrogens with one attached hydrogen (secondary N) is 1. The summed E-state index contributed by atoms with van der Waals surface area (Å²) >= 11 is 1.43. The molecule has 4 heterocycles. The fourth-order valence-electron chi connectivity index (χ4n) is 3.40. The third kappa shape index (κ3) is 3.73.